The first-order valence-electron chi connectivity index (χ1n) is 14.8. The molecule has 3 rings (SSSR count). The summed E-state index contributed by atoms with van der Waals surface area (Å²) in [4.78, 5) is 38.9. The van der Waals surface area contributed by atoms with Gasteiger partial charge in [-0.3, -0.25) is 0 Å². The van der Waals surface area contributed by atoms with Crippen molar-refractivity contribution in [1.82, 2.24) is 15.5 Å². The molecule has 1 aliphatic carbocycles. The van der Waals surface area contributed by atoms with E-state index in [0.29, 0.717) is 12.8 Å². The summed E-state index contributed by atoms with van der Waals surface area (Å²) in [6.07, 6.45) is -5.09. The number of urea groups is 1. The van der Waals surface area contributed by atoms with Crippen LogP contribution in [0.15, 0.2) is 61.2 Å². The monoisotopic (exact) mass is 629 g/mol. The number of carbonyl (C=O) groups is 3. The van der Waals surface area contributed by atoms with E-state index in [9.17, 15) is 34.8 Å². The van der Waals surface area contributed by atoms with E-state index in [2.05, 4.69) is 17.2 Å². The SMILES string of the molecule is C=CCOC(=O)[C@H](CCCCNC(=O)N(C)C[C@H](O)[C@@H](O)[C@H](O)[C@H](O)CO)NC(=O)OCC1c2ccccc2-c2ccccc21. The van der Waals surface area contributed by atoms with Crippen molar-refractivity contribution < 1.29 is 49.4 Å². The van der Waals surface area contributed by atoms with Gasteiger partial charge in [0.05, 0.1) is 13.2 Å². The molecule has 45 heavy (non-hydrogen) atoms. The minimum Gasteiger partial charge on any atom is -0.460 e. The number of unbranched alkanes of at least 4 members (excludes halogenated alkanes) is 1. The number of esters is 1. The Kier molecular flexibility index (Phi) is 13.8. The lowest BCUT2D eigenvalue weighted by Gasteiger charge is -2.28. The van der Waals surface area contributed by atoms with E-state index in [4.69, 9.17) is 14.6 Å². The quantitative estimate of drug-likeness (QED) is 0.0749. The van der Waals surface area contributed by atoms with Crippen molar-refractivity contribution in [3.05, 3.63) is 72.3 Å². The van der Waals surface area contributed by atoms with Crippen LogP contribution in [0.5, 0.6) is 0 Å². The fourth-order valence-corrected chi connectivity index (χ4v) is 5.11. The van der Waals surface area contributed by atoms with Gasteiger partial charge in [0.2, 0.25) is 0 Å². The molecule has 246 valence electrons. The van der Waals surface area contributed by atoms with Crippen molar-refractivity contribution in [2.24, 2.45) is 0 Å². The number of fused-ring (bicyclic) bond motifs is 3. The van der Waals surface area contributed by atoms with E-state index in [0.717, 1.165) is 27.2 Å². The smallest absolute Gasteiger partial charge is 0.407 e. The van der Waals surface area contributed by atoms with Gasteiger partial charge in [0.25, 0.3) is 0 Å². The van der Waals surface area contributed by atoms with Crippen molar-refractivity contribution in [3.63, 3.8) is 0 Å². The zero-order chi connectivity index (χ0) is 32.9. The van der Waals surface area contributed by atoms with Gasteiger partial charge >= 0.3 is 18.1 Å². The van der Waals surface area contributed by atoms with Crippen LogP contribution in [0.3, 0.4) is 0 Å². The molecule has 0 bridgehead atoms. The van der Waals surface area contributed by atoms with Crippen molar-refractivity contribution in [1.29, 1.82) is 0 Å². The lowest BCUT2D eigenvalue weighted by Crippen LogP contribution is -2.51. The number of benzene rings is 2. The molecule has 0 heterocycles. The molecular weight excluding hydrogens is 586 g/mol. The molecule has 0 saturated carbocycles. The Morgan fingerprint density at radius 3 is 2.13 bits per heavy atom. The van der Waals surface area contributed by atoms with Crippen LogP contribution in [0.1, 0.15) is 36.3 Å². The van der Waals surface area contributed by atoms with Crippen molar-refractivity contribution in [2.75, 3.05) is 40.0 Å². The molecule has 1 aliphatic rings. The number of nitrogens with one attached hydrogen (secondary N) is 2. The molecule has 0 aromatic heterocycles. The van der Waals surface area contributed by atoms with Crippen LogP contribution in [0.25, 0.3) is 11.1 Å². The van der Waals surface area contributed by atoms with Crippen molar-refractivity contribution in [2.45, 2.75) is 55.6 Å². The van der Waals surface area contributed by atoms with Crippen molar-refractivity contribution in [3.8, 4) is 11.1 Å². The summed E-state index contributed by atoms with van der Waals surface area (Å²) in [6, 6.07) is 14.3. The number of ether oxygens (including phenoxy) is 2. The normalized spacial score (nSPS) is 15.4. The van der Waals surface area contributed by atoms with E-state index in [1.165, 1.54) is 13.1 Å². The molecule has 0 fully saturated rings. The summed E-state index contributed by atoms with van der Waals surface area (Å²) in [7, 11) is 1.37. The van der Waals surface area contributed by atoms with Gasteiger partial charge in [0, 0.05) is 19.5 Å². The lowest BCUT2D eigenvalue weighted by atomic mass is 9.98. The van der Waals surface area contributed by atoms with E-state index < -0.39 is 55.2 Å². The van der Waals surface area contributed by atoms with Crippen LogP contribution in [0.2, 0.25) is 0 Å². The van der Waals surface area contributed by atoms with Crippen LogP contribution < -0.4 is 10.6 Å². The van der Waals surface area contributed by atoms with E-state index in [1.807, 2.05) is 48.5 Å². The maximum Gasteiger partial charge on any atom is 0.407 e. The molecule has 2 aromatic carbocycles. The summed E-state index contributed by atoms with van der Waals surface area (Å²) in [5.74, 6) is -0.786. The molecular formula is C32H43N3O10. The molecule has 3 amide bonds. The zero-order valence-corrected chi connectivity index (χ0v) is 25.2. The first-order valence-corrected chi connectivity index (χ1v) is 14.8. The zero-order valence-electron chi connectivity index (χ0n) is 25.2. The van der Waals surface area contributed by atoms with Gasteiger partial charge < -0.3 is 50.5 Å². The highest BCUT2D eigenvalue weighted by atomic mass is 16.6. The van der Waals surface area contributed by atoms with Gasteiger partial charge in [0.1, 0.15) is 43.7 Å². The highest BCUT2D eigenvalue weighted by Crippen LogP contribution is 2.44. The molecule has 5 atom stereocenters. The second-order valence-electron chi connectivity index (χ2n) is 10.8. The first kappa shape index (κ1) is 35.5. The number of hydrogen-bond acceptors (Lipinski definition) is 10. The van der Waals surface area contributed by atoms with Gasteiger partial charge in [-0.1, -0.05) is 61.2 Å². The molecule has 13 heteroatoms. The minimum absolute atomic E-state index is 0.0272. The fourth-order valence-electron chi connectivity index (χ4n) is 5.11. The Morgan fingerprint density at radius 1 is 0.933 bits per heavy atom. The molecule has 13 nitrogen and oxygen atoms in total. The third-order valence-electron chi connectivity index (χ3n) is 7.59. The molecule has 0 unspecified atom stereocenters. The van der Waals surface area contributed by atoms with E-state index in [1.54, 1.807) is 0 Å². The molecule has 0 radical (unpaired) electrons. The largest absolute Gasteiger partial charge is 0.460 e. The number of aliphatic hydroxyl groups is 5. The minimum atomic E-state index is -1.80. The van der Waals surface area contributed by atoms with Crippen LogP contribution in [-0.2, 0) is 14.3 Å². The first-order chi connectivity index (χ1) is 21.6. The summed E-state index contributed by atoms with van der Waals surface area (Å²) in [6.45, 7) is 2.62. The number of likely N-dealkylation sites (N-methyl/N-ethyl adjacent to an activating group) is 1. The van der Waals surface area contributed by atoms with Gasteiger partial charge in [-0.25, -0.2) is 14.4 Å². The molecule has 0 aliphatic heterocycles. The Hall–Kier alpha value is -4.01. The van der Waals surface area contributed by atoms with Crippen LogP contribution >= 0.6 is 0 Å². The van der Waals surface area contributed by atoms with Gasteiger partial charge in [-0.15, -0.1) is 0 Å². The number of aliphatic hydroxyl groups excluding tert-OH is 5. The van der Waals surface area contributed by atoms with Crippen LogP contribution in [0.4, 0.5) is 9.59 Å². The molecule has 7 N–H and O–H groups in total. The second-order valence-corrected chi connectivity index (χ2v) is 10.8. The standard InChI is InChI=1S/C32H43N3O10/c1-3-16-44-30(41)25(14-8-9-15-33-31(42)35(2)17-26(37)28(39)29(40)27(38)18-36)34-32(43)45-19-24-22-12-6-4-10-20(22)21-11-5-7-13-23(21)24/h3-7,10-13,24-29,36-40H,1,8-9,14-19H2,2H3,(H,33,42)(H,34,43)/t25-,26-,27+,28+,29+/m0/s1. The third-order valence-corrected chi connectivity index (χ3v) is 7.59. The number of nitrogens with zero attached hydrogens (tertiary/aromatic N) is 1. The van der Waals surface area contributed by atoms with Crippen molar-refractivity contribution >= 4 is 18.1 Å². The summed E-state index contributed by atoms with van der Waals surface area (Å²) < 4.78 is 10.7. The predicted octanol–water partition coefficient (Wildman–Crippen LogP) is 0.871. The summed E-state index contributed by atoms with van der Waals surface area (Å²) >= 11 is 0. The third kappa shape index (κ3) is 9.74. The Morgan fingerprint density at radius 2 is 1.53 bits per heavy atom. The fraction of sp³-hybridized carbons (Fsp3) is 0.469. The van der Waals surface area contributed by atoms with Crippen LogP contribution in [-0.4, -0.2) is 119 Å². The van der Waals surface area contributed by atoms with Gasteiger partial charge in [0.15, 0.2) is 0 Å². The average Bonchev–Trinajstić information content (AvgIpc) is 3.37. The Balaban J connectivity index is 1.46. The highest BCUT2D eigenvalue weighted by molar-refractivity contribution is 5.82. The van der Waals surface area contributed by atoms with E-state index in [-0.39, 0.29) is 38.6 Å². The van der Waals surface area contributed by atoms with Gasteiger partial charge in [-0.2, -0.15) is 0 Å². The summed E-state index contributed by atoms with van der Waals surface area (Å²) in [5.41, 5.74) is 4.31. The predicted molar refractivity (Wildman–Crippen MR) is 164 cm³/mol. The summed E-state index contributed by atoms with van der Waals surface area (Å²) in [5, 5.41) is 53.3. The number of amides is 3. The maximum absolute atomic E-state index is 12.8. The average molecular weight is 630 g/mol. The number of hydrogen-bond donors (Lipinski definition) is 7. The Bertz CT molecular complexity index is 1250. The molecule has 0 spiro atoms. The lowest BCUT2D eigenvalue weighted by molar-refractivity contribution is -0.145. The van der Waals surface area contributed by atoms with Crippen LogP contribution in [0, 0.1) is 0 Å². The van der Waals surface area contributed by atoms with Gasteiger partial charge in [-0.05, 0) is 41.5 Å². The maximum atomic E-state index is 12.8. The topological polar surface area (TPSA) is 198 Å². The second kappa shape index (κ2) is 17.5. The Labute approximate surface area is 262 Å². The number of alkyl carbamates (subject to hydrolysis) is 1. The van der Waals surface area contributed by atoms with E-state index >= 15 is 0 Å². The number of carbonyl (C=O) groups excluding carboxylic acids is 3. The number of rotatable bonds is 17. The molecule has 2 aromatic rings. The highest BCUT2D eigenvalue weighted by Gasteiger charge is 2.32. The molecule has 0 saturated heterocycles.